The van der Waals surface area contributed by atoms with Crippen LogP contribution in [0.25, 0.3) is 0 Å². The Bertz CT molecular complexity index is 1090. The van der Waals surface area contributed by atoms with E-state index >= 15 is 0 Å². The predicted octanol–water partition coefficient (Wildman–Crippen LogP) is 5.34. The fourth-order valence-corrected chi connectivity index (χ4v) is 4.09. The lowest BCUT2D eigenvalue weighted by atomic mass is 9.80. The number of carbonyl (C=O) groups is 1. The Morgan fingerprint density at radius 1 is 1.09 bits per heavy atom. The van der Waals surface area contributed by atoms with Gasteiger partial charge in [-0.1, -0.05) is 73.1 Å². The van der Waals surface area contributed by atoms with E-state index in [4.69, 9.17) is 11.6 Å². The molecule has 2 N–H and O–H groups in total. The van der Waals surface area contributed by atoms with Crippen LogP contribution in [0.15, 0.2) is 78.9 Å². The minimum absolute atomic E-state index is 0.142. The topological polar surface area (TPSA) is 73.1 Å². The molecule has 164 valence electrons. The Labute approximate surface area is 194 Å². The van der Waals surface area contributed by atoms with Gasteiger partial charge in [0.25, 0.3) is 0 Å². The average Bonchev–Trinajstić information content (AvgIpc) is 2.81. The molecular formula is C27H27ClN2O2. The van der Waals surface area contributed by atoms with Gasteiger partial charge < -0.3 is 10.4 Å². The molecule has 0 bridgehead atoms. The first-order chi connectivity index (χ1) is 15.4. The zero-order chi connectivity index (χ0) is 23.1. The van der Waals surface area contributed by atoms with Gasteiger partial charge in [-0.2, -0.15) is 5.26 Å². The molecule has 0 heterocycles. The molecule has 0 aromatic heterocycles. The third kappa shape index (κ3) is 5.37. The van der Waals surface area contributed by atoms with Crippen LogP contribution in [-0.2, 0) is 16.8 Å². The second-order valence-corrected chi connectivity index (χ2v) is 8.46. The minimum atomic E-state index is -1.43. The molecule has 0 aliphatic heterocycles. The number of hydrogen-bond donors (Lipinski definition) is 2. The quantitative estimate of drug-likeness (QED) is 0.490. The summed E-state index contributed by atoms with van der Waals surface area (Å²) in [6.07, 6.45) is 0.894. The lowest BCUT2D eigenvalue weighted by molar-refractivity contribution is -0.125. The highest BCUT2D eigenvalue weighted by atomic mass is 35.5. The summed E-state index contributed by atoms with van der Waals surface area (Å²) in [7, 11) is 0. The molecular weight excluding hydrogens is 420 g/mol. The summed E-state index contributed by atoms with van der Waals surface area (Å²) in [5.41, 5.74) is 1.41. The van der Waals surface area contributed by atoms with Crippen molar-refractivity contribution in [1.82, 2.24) is 5.32 Å². The summed E-state index contributed by atoms with van der Waals surface area (Å²) < 4.78 is 0. The number of carbonyl (C=O) groups excluding carboxylic acids is 1. The van der Waals surface area contributed by atoms with Crippen molar-refractivity contribution in [3.63, 3.8) is 0 Å². The van der Waals surface area contributed by atoms with Gasteiger partial charge >= 0.3 is 0 Å². The van der Waals surface area contributed by atoms with Crippen molar-refractivity contribution in [2.45, 2.75) is 44.2 Å². The first kappa shape index (κ1) is 23.5. The summed E-state index contributed by atoms with van der Waals surface area (Å²) in [6, 6.07) is 25.3. The van der Waals surface area contributed by atoms with E-state index in [0.717, 1.165) is 11.1 Å². The number of hydrogen-bond acceptors (Lipinski definition) is 3. The maximum atomic E-state index is 13.2. The lowest BCUT2D eigenvalue weighted by Gasteiger charge is -2.36. The Hall–Kier alpha value is -3.13. The molecule has 1 amide bonds. The molecule has 0 radical (unpaired) electrons. The van der Waals surface area contributed by atoms with E-state index < -0.39 is 11.6 Å². The number of nitrogens with one attached hydrogen (secondary N) is 1. The van der Waals surface area contributed by atoms with E-state index in [-0.39, 0.29) is 18.2 Å². The summed E-state index contributed by atoms with van der Waals surface area (Å²) >= 11 is 6.02. The number of amides is 1. The Balaban J connectivity index is 1.93. The molecule has 4 nitrogen and oxygen atoms in total. The van der Waals surface area contributed by atoms with Crippen molar-refractivity contribution in [3.8, 4) is 6.07 Å². The van der Waals surface area contributed by atoms with Crippen molar-refractivity contribution >= 4 is 17.5 Å². The smallest absolute Gasteiger partial charge is 0.227 e. The van der Waals surface area contributed by atoms with E-state index in [0.29, 0.717) is 22.6 Å². The largest absolute Gasteiger partial charge is 0.383 e. The van der Waals surface area contributed by atoms with Crippen LogP contribution in [0.5, 0.6) is 0 Å². The predicted molar refractivity (Wildman–Crippen MR) is 127 cm³/mol. The van der Waals surface area contributed by atoms with E-state index in [2.05, 4.69) is 11.4 Å². The third-order valence-electron chi connectivity index (χ3n) is 5.88. The molecule has 0 saturated carbocycles. The molecule has 3 atom stereocenters. The van der Waals surface area contributed by atoms with Crippen LogP contribution in [-0.4, -0.2) is 17.1 Å². The fraction of sp³-hybridized carbons (Fsp3) is 0.259. The molecule has 0 spiro atoms. The molecule has 32 heavy (non-hydrogen) atoms. The van der Waals surface area contributed by atoms with Gasteiger partial charge in [0.2, 0.25) is 5.91 Å². The van der Waals surface area contributed by atoms with Gasteiger partial charge in [0.15, 0.2) is 0 Å². The fourth-order valence-electron chi connectivity index (χ4n) is 3.97. The zero-order valence-corrected chi connectivity index (χ0v) is 19.0. The van der Waals surface area contributed by atoms with Gasteiger partial charge in [-0.15, -0.1) is 0 Å². The van der Waals surface area contributed by atoms with Crippen LogP contribution < -0.4 is 5.32 Å². The minimum Gasteiger partial charge on any atom is -0.383 e. The molecule has 0 saturated heterocycles. The third-order valence-corrected chi connectivity index (χ3v) is 6.13. The van der Waals surface area contributed by atoms with Crippen molar-refractivity contribution in [2.24, 2.45) is 0 Å². The van der Waals surface area contributed by atoms with Crippen molar-refractivity contribution in [1.29, 1.82) is 5.26 Å². The number of rotatable bonds is 8. The summed E-state index contributed by atoms with van der Waals surface area (Å²) in [6.45, 7) is 3.77. The molecule has 2 unspecified atom stereocenters. The first-order valence-corrected chi connectivity index (χ1v) is 11.1. The second kappa shape index (κ2) is 10.5. The van der Waals surface area contributed by atoms with E-state index in [1.807, 2.05) is 49.4 Å². The molecule has 3 aromatic rings. The molecule has 3 rings (SSSR count). The van der Waals surface area contributed by atoms with Crippen LogP contribution in [0.4, 0.5) is 0 Å². The highest BCUT2D eigenvalue weighted by Crippen LogP contribution is 2.31. The number of benzene rings is 3. The van der Waals surface area contributed by atoms with Gasteiger partial charge in [-0.3, -0.25) is 4.79 Å². The van der Waals surface area contributed by atoms with Gasteiger partial charge in [-0.25, -0.2) is 0 Å². The Morgan fingerprint density at radius 2 is 1.78 bits per heavy atom. The summed E-state index contributed by atoms with van der Waals surface area (Å²) in [5.74, 6) is -0.457. The zero-order valence-electron chi connectivity index (χ0n) is 18.3. The number of nitriles is 1. The van der Waals surface area contributed by atoms with Crippen LogP contribution in [0, 0.1) is 11.3 Å². The lowest BCUT2D eigenvalue weighted by Crippen LogP contribution is -2.51. The van der Waals surface area contributed by atoms with Gasteiger partial charge in [0.05, 0.1) is 23.6 Å². The van der Waals surface area contributed by atoms with E-state index in [1.165, 1.54) is 0 Å². The normalized spacial score (nSPS) is 14.6. The maximum Gasteiger partial charge on any atom is 0.227 e. The highest BCUT2D eigenvalue weighted by Gasteiger charge is 2.38. The molecule has 0 aliphatic rings. The molecule has 0 fully saturated rings. The molecule has 5 heteroatoms. The highest BCUT2D eigenvalue weighted by molar-refractivity contribution is 6.30. The number of nitrogens with zero attached hydrogens (tertiary/aromatic N) is 1. The van der Waals surface area contributed by atoms with Gasteiger partial charge in [-0.05, 0) is 54.3 Å². The number of halogens is 1. The summed E-state index contributed by atoms with van der Waals surface area (Å²) in [5, 5.41) is 24.9. The first-order valence-electron chi connectivity index (χ1n) is 10.7. The number of aliphatic hydroxyl groups is 1. The summed E-state index contributed by atoms with van der Waals surface area (Å²) in [4.78, 5) is 13.2. The maximum absolute atomic E-state index is 13.2. The van der Waals surface area contributed by atoms with Crippen molar-refractivity contribution < 1.29 is 9.90 Å². The Kier molecular flexibility index (Phi) is 7.69. The monoisotopic (exact) mass is 446 g/mol. The van der Waals surface area contributed by atoms with Crippen molar-refractivity contribution in [3.05, 3.63) is 106 Å². The standard InChI is InChI=1S/C27H27ClN2O2/c1-3-25(22-9-5-4-6-10-22)26(31)30-19(2)27(32,17-20-12-14-24(28)15-13-20)23-11-7-8-21(16-23)18-29/h4-16,19,25,32H,3,17H2,1-2H3,(H,30,31)/t19-,25?,27?/m0/s1. The average molecular weight is 447 g/mol. The van der Waals surface area contributed by atoms with Crippen LogP contribution in [0.1, 0.15) is 48.4 Å². The molecule has 3 aromatic carbocycles. The van der Waals surface area contributed by atoms with E-state index in [1.54, 1.807) is 43.3 Å². The van der Waals surface area contributed by atoms with Crippen molar-refractivity contribution in [2.75, 3.05) is 0 Å². The van der Waals surface area contributed by atoms with Crippen LogP contribution in [0.2, 0.25) is 5.02 Å². The SMILES string of the molecule is CCC(C(=O)N[C@@H](C)C(O)(Cc1ccc(Cl)cc1)c1cccc(C#N)c1)c1ccccc1. The van der Waals surface area contributed by atoms with Crippen LogP contribution in [0.3, 0.4) is 0 Å². The van der Waals surface area contributed by atoms with Crippen LogP contribution >= 0.6 is 11.6 Å². The molecule has 0 aliphatic carbocycles. The van der Waals surface area contributed by atoms with E-state index in [9.17, 15) is 15.2 Å². The second-order valence-electron chi connectivity index (χ2n) is 8.02. The Morgan fingerprint density at radius 3 is 2.41 bits per heavy atom. The van der Waals surface area contributed by atoms with Gasteiger partial charge in [0, 0.05) is 11.4 Å². The van der Waals surface area contributed by atoms with Gasteiger partial charge in [0.1, 0.15) is 5.60 Å².